The van der Waals surface area contributed by atoms with Crippen molar-refractivity contribution < 1.29 is 26.8 Å². The topological polar surface area (TPSA) is 84.1 Å². The quantitative estimate of drug-likeness (QED) is 0.747. The summed E-state index contributed by atoms with van der Waals surface area (Å²) in [7, 11) is 0. The summed E-state index contributed by atoms with van der Waals surface area (Å²) >= 11 is 0. The minimum Gasteiger partial charge on any atom is -0.460 e. The van der Waals surface area contributed by atoms with E-state index in [1.54, 1.807) is 19.1 Å². The van der Waals surface area contributed by atoms with Crippen molar-refractivity contribution in [3.05, 3.63) is 52.8 Å². The van der Waals surface area contributed by atoms with Crippen LogP contribution in [0.1, 0.15) is 33.3 Å². The molecule has 0 aliphatic rings. The first kappa shape index (κ1) is 16.9. The van der Waals surface area contributed by atoms with Crippen LogP contribution in [0.2, 0.25) is 0 Å². The number of H-pyrrole nitrogens is 1. The van der Waals surface area contributed by atoms with E-state index in [9.17, 15) is 18.0 Å². The Morgan fingerprint density at radius 3 is 2.60 bits per heavy atom. The minimum absolute atomic E-state index is 0.0397. The normalized spacial score (nSPS) is 11.7. The van der Waals surface area contributed by atoms with Gasteiger partial charge in [0.15, 0.2) is 11.5 Å². The van der Waals surface area contributed by atoms with Crippen molar-refractivity contribution in [3.63, 3.8) is 0 Å². The number of alkyl halides is 3. The van der Waals surface area contributed by atoms with Crippen molar-refractivity contribution in [2.24, 2.45) is 0 Å². The third-order valence-electron chi connectivity index (χ3n) is 3.45. The van der Waals surface area contributed by atoms with Crippen LogP contribution in [-0.2, 0) is 12.7 Å². The average molecular weight is 353 g/mol. The zero-order valence-corrected chi connectivity index (χ0v) is 13.3. The number of carbonyl (C=O) groups is 1. The van der Waals surface area contributed by atoms with Crippen molar-refractivity contribution in [1.82, 2.24) is 15.5 Å². The van der Waals surface area contributed by atoms with E-state index in [2.05, 4.69) is 19.9 Å². The summed E-state index contributed by atoms with van der Waals surface area (Å²) in [4.78, 5) is 12.1. The van der Waals surface area contributed by atoms with Crippen molar-refractivity contribution in [1.29, 1.82) is 0 Å². The second kappa shape index (κ2) is 6.15. The Labute approximate surface area is 140 Å². The molecule has 0 aliphatic heterocycles. The van der Waals surface area contributed by atoms with Gasteiger partial charge in [0.25, 0.3) is 5.91 Å². The monoisotopic (exact) mass is 353 g/mol. The number of amides is 1. The lowest BCUT2D eigenvalue weighted by molar-refractivity contribution is -0.154. The molecule has 3 aromatic heterocycles. The Kier molecular flexibility index (Phi) is 4.15. The molecule has 0 saturated carbocycles. The Bertz CT molecular complexity index is 905. The van der Waals surface area contributed by atoms with Gasteiger partial charge < -0.3 is 14.2 Å². The van der Waals surface area contributed by atoms with Crippen molar-refractivity contribution in [2.45, 2.75) is 26.6 Å². The zero-order valence-electron chi connectivity index (χ0n) is 13.3. The number of carbonyl (C=O) groups excluding carboxylic acids is 1. The van der Waals surface area contributed by atoms with Gasteiger partial charge in [-0.15, -0.1) is 0 Å². The molecule has 0 bridgehead atoms. The van der Waals surface area contributed by atoms with E-state index in [0.29, 0.717) is 17.2 Å². The first-order valence-corrected chi connectivity index (χ1v) is 7.31. The van der Waals surface area contributed by atoms with Crippen LogP contribution in [0.25, 0.3) is 11.5 Å². The molecule has 0 fully saturated rings. The van der Waals surface area contributed by atoms with Crippen molar-refractivity contribution >= 4 is 5.91 Å². The van der Waals surface area contributed by atoms with Gasteiger partial charge in [-0.2, -0.15) is 18.3 Å². The van der Waals surface area contributed by atoms with Gasteiger partial charge in [-0.05, 0) is 32.0 Å². The first-order chi connectivity index (χ1) is 11.7. The van der Waals surface area contributed by atoms with Gasteiger partial charge in [0.05, 0.1) is 0 Å². The average Bonchev–Trinajstić information content (AvgIpc) is 3.22. The number of furan rings is 2. The van der Waals surface area contributed by atoms with Gasteiger partial charge in [0.1, 0.15) is 17.2 Å². The summed E-state index contributed by atoms with van der Waals surface area (Å²) in [5, 5.41) is 8.90. The van der Waals surface area contributed by atoms with E-state index in [-0.39, 0.29) is 23.6 Å². The maximum absolute atomic E-state index is 12.9. The second-order valence-electron chi connectivity index (χ2n) is 5.47. The molecule has 0 saturated heterocycles. The van der Waals surface area contributed by atoms with Gasteiger partial charge in [0.2, 0.25) is 5.76 Å². The molecule has 0 aromatic carbocycles. The van der Waals surface area contributed by atoms with E-state index in [1.807, 2.05) is 0 Å². The Balaban J connectivity index is 1.71. The molecule has 25 heavy (non-hydrogen) atoms. The SMILES string of the molecule is Cc1ccc(-c2cc(C(=O)NCc3cc(C)oc3C(F)(F)F)n[nH]2)o1. The summed E-state index contributed by atoms with van der Waals surface area (Å²) in [5.41, 5.74) is 0.391. The Hall–Kier alpha value is -2.97. The third-order valence-corrected chi connectivity index (χ3v) is 3.45. The maximum atomic E-state index is 12.9. The standard InChI is InChI=1S/C16H14F3N3O3/c1-8-3-4-13(24-8)11-6-12(22-21-11)15(23)20-7-10-5-9(2)25-14(10)16(17,18)19/h3-6H,7H2,1-2H3,(H,20,23)(H,21,22). The Morgan fingerprint density at radius 1 is 1.20 bits per heavy atom. The Morgan fingerprint density at radius 2 is 1.96 bits per heavy atom. The predicted octanol–water partition coefficient (Wildman–Crippen LogP) is 3.83. The van der Waals surface area contributed by atoms with Gasteiger partial charge in [-0.25, -0.2) is 0 Å². The highest BCUT2D eigenvalue weighted by Crippen LogP contribution is 2.34. The van der Waals surface area contributed by atoms with Crippen molar-refractivity contribution in [2.75, 3.05) is 0 Å². The number of nitrogens with one attached hydrogen (secondary N) is 2. The molecule has 6 nitrogen and oxygen atoms in total. The summed E-state index contributed by atoms with van der Waals surface area (Å²) in [6.07, 6.45) is -4.62. The number of aryl methyl sites for hydroxylation is 2. The molecule has 0 spiro atoms. The third kappa shape index (κ3) is 3.59. The predicted molar refractivity (Wildman–Crippen MR) is 80.6 cm³/mol. The molecular weight excluding hydrogens is 339 g/mol. The van der Waals surface area contributed by atoms with Crippen LogP contribution in [0.4, 0.5) is 13.2 Å². The van der Waals surface area contributed by atoms with Gasteiger partial charge in [-0.3, -0.25) is 9.89 Å². The lowest BCUT2D eigenvalue weighted by Gasteiger charge is -2.06. The zero-order chi connectivity index (χ0) is 18.2. The van der Waals surface area contributed by atoms with Crippen LogP contribution in [0, 0.1) is 13.8 Å². The smallest absolute Gasteiger partial charge is 0.449 e. The summed E-state index contributed by atoms with van der Waals surface area (Å²) in [6.45, 7) is 2.86. The lowest BCUT2D eigenvalue weighted by atomic mass is 10.2. The minimum atomic E-state index is -4.62. The van der Waals surface area contributed by atoms with Crippen LogP contribution in [0.3, 0.4) is 0 Å². The van der Waals surface area contributed by atoms with E-state index in [4.69, 9.17) is 4.42 Å². The van der Waals surface area contributed by atoms with Crippen molar-refractivity contribution in [3.8, 4) is 11.5 Å². The molecule has 0 atom stereocenters. The summed E-state index contributed by atoms with van der Waals surface area (Å²) < 4.78 is 48.7. The highest BCUT2D eigenvalue weighted by Gasteiger charge is 2.38. The van der Waals surface area contributed by atoms with Crippen LogP contribution in [-0.4, -0.2) is 16.1 Å². The second-order valence-corrected chi connectivity index (χ2v) is 5.47. The number of hydrogen-bond acceptors (Lipinski definition) is 4. The fraction of sp³-hybridized carbons (Fsp3) is 0.250. The van der Waals surface area contributed by atoms with E-state index in [0.717, 1.165) is 0 Å². The molecule has 1 amide bonds. The summed E-state index contributed by atoms with van der Waals surface area (Å²) in [5.74, 6) is -0.400. The molecule has 0 aliphatic carbocycles. The molecule has 132 valence electrons. The number of nitrogens with zero attached hydrogens (tertiary/aromatic N) is 1. The molecule has 0 radical (unpaired) electrons. The molecular formula is C16H14F3N3O3. The molecule has 0 unspecified atom stereocenters. The molecule has 3 rings (SSSR count). The van der Waals surface area contributed by atoms with Crippen LogP contribution < -0.4 is 5.32 Å². The van der Waals surface area contributed by atoms with Crippen LogP contribution in [0.5, 0.6) is 0 Å². The first-order valence-electron chi connectivity index (χ1n) is 7.31. The largest absolute Gasteiger partial charge is 0.460 e. The van der Waals surface area contributed by atoms with Crippen LogP contribution in [0.15, 0.2) is 33.1 Å². The van der Waals surface area contributed by atoms with E-state index < -0.39 is 17.8 Å². The number of aromatic nitrogens is 2. The molecule has 2 N–H and O–H groups in total. The maximum Gasteiger partial charge on any atom is 0.449 e. The fourth-order valence-corrected chi connectivity index (χ4v) is 2.35. The number of halogens is 3. The number of hydrogen-bond donors (Lipinski definition) is 2. The molecule has 3 heterocycles. The fourth-order valence-electron chi connectivity index (χ4n) is 2.35. The number of aromatic amines is 1. The van der Waals surface area contributed by atoms with Gasteiger partial charge in [0, 0.05) is 18.2 Å². The molecule has 3 aromatic rings. The van der Waals surface area contributed by atoms with Gasteiger partial charge in [-0.1, -0.05) is 0 Å². The highest BCUT2D eigenvalue weighted by atomic mass is 19.4. The summed E-state index contributed by atoms with van der Waals surface area (Å²) in [6, 6.07) is 6.17. The van der Waals surface area contributed by atoms with E-state index in [1.165, 1.54) is 19.1 Å². The van der Waals surface area contributed by atoms with Gasteiger partial charge >= 0.3 is 6.18 Å². The van der Waals surface area contributed by atoms with Crippen LogP contribution >= 0.6 is 0 Å². The van der Waals surface area contributed by atoms with E-state index >= 15 is 0 Å². The number of rotatable bonds is 4. The molecule has 9 heteroatoms. The highest BCUT2D eigenvalue weighted by molar-refractivity contribution is 5.93. The lowest BCUT2D eigenvalue weighted by Crippen LogP contribution is -2.24.